The monoisotopic (exact) mass is 182 g/mol. The molecule has 0 aliphatic heterocycles. The van der Waals surface area contributed by atoms with E-state index in [1.165, 1.54) is 0 Å². The Morgan fingerprint density at radius 3 is 2.00 bits per heavy atom. The Bertz CT molecular complexity index is 170. The SMILES string of the molecule is [CH-]=C(C)/C(C)=C\[C](N)=[Ni].[NH2-]. The summed E-state index contributed by atoms with van der Waals surface area (Å²) in [6, 6.07) is 0. The van der Waals surface area contributed by atoms with E-state index in [-0.39, 0.29) is 6.15 Å². The standard InChI is InChI=1S/C7H10N.H2N.Ni/c1-6(2)7(3)4-5-8;;/h1,4H,8H2,2-3H3;1H2;/q2*-1;/b7-4-;;. The van der Waals surface area contributed by atoms with Crippen molar-refractivity contribution < 1.29 is 15.0 Å². The zero-order valence-electron chi connectivity index (χ0n) is 6.13. The first kappa shape index (κ1) is 12.4. The third-order valence-corrected chi connectivity index (χ3v) is 1.11. The second-order valence-corrected chi connectivity index (χ2v) is 2.43. The van der Waals surface area contributed by atoms with Crippen LogP contribution in [0.25, 0.3) is 6.15 Å². The summed E-state index contributed by atoms with van der Waals surface area (Å²) in [5.74, 6) is 0. The van der Waals surface area contributed by atoms with E-state index >= 15 is 0 Å². The minimum Gasteiger partial charge on any atom is -0.693 e. The van der Waals surface area contributed by atoms with E-state index in [1.807, 2.05) is 13.8 Å². The van der Waals surface area contributed by atoms with Crippen molar-refractivity contribution in [2.24, 2.45) is 5.73 Å². The predicted molar refractivity (Wildman–Crippen MR) is 41.7 cm³/mol. The van der Waals surface area contributed by atoms with Gasteiger partial charge in [0.1, 0.15) is 0 Å². The molecule has 0 unspecified atom stereocenters. The minimum absolute atomic E-state index is 0. The maximum Gasteiger partial charge on any atom is -0.693 e. The fourth-order valence-corrected chi connectivity index (χ4v) is 0.521. The minimum atomic E-state index is 0. The Balaban J connectivity index is 0. The van der Waals surface area contributed by atoms with Crippen LogP contribution in [0.3, 0.4) is 0 Å². The van der Waals surface area contributed by atoms with Gasteiger partial charge in [-0.1, -0.05) is 0 Å². The van der Waals surface area contributed by atoms with Crippen molar-refractivity contribution in [3.8, 4) is 0 Å². The molecule has 0 radical (unpaired) electrons. The van der Waals surface area contributed by atoms with Gasteiger partial charge in [-0.2, -0.15) is 0 Å². The molecule has 0 bridgehead atoms. The maximum atomic E-state index is 5.42. The molecule has 0 rings (SSSR count). The van der Waals surface area contributed by atoms with E-state index in [0.717, 1.165) is 11.1 Å². The quantitative estimate of drug-likeness (QED) is 0.394. The van der Waals surface area contributed by atoms with E-state index in [0.29, 0.717) is 4.61 Å². The molecule has 0 aromatic rings. The van der Waals surface area contributed by atoms with Crippen LogP contribution in [0, 0.1) is 6.58 Å². The van der Waals surface area contributed by atoms with Gasteiger partial charge >= 0.3 is 63.0 Å². The fourth-order valence-electron chi connectivity index (χ4n) is 0.307. The average Bonchev–Trinajstić information content (AvgIpc) is 1.63. The Hall–Kier alpha value is -0.236. The summed E-state index contributed by atoms with van der Waals surface area (Å²) < 4.78 is 0.414. The van der Waals surface area contributed by atoms with Gasteiger partial charge < -0.3 is 6.15 Å². The van der Waals surface area contributed by atoms with E-state index < -0.39 is 0 Å². The van der Waals surface area contributed by atoms with Crippen LogP contribution in [0.1, 0.15) is 13.8 Å². The summed E-state index contributed by atoms with van der Waals surface area (Å²) in [7, 11) is 0. The van der Waals surface area contributed by atoms with Gasteiger partial charge in [0, 0.05) is 0 Å². The third kappa shape index (κ3) is 5.89. The van der Waals surface area contributed by atoms with Crippen molar-refractivity contribution >= 4 is 4.61 Å². The van der Waals surface area contributed by atoms with E-state index in [2.05, 4.69) is 15.0 Å². The van der Waals surface area contributed by atoms with Gasteiger partial charge in [0.15, 0.2) is 0 Å². The number of nitrogens with two attached hydrogens (primary N) is 2. The first-order chi connectivity index (χ1) is 4.04. The first-order valence-electron chi connectivity index (χ1n) is 2.56. The molecule has 0 amide bonds. The summed E-state index contributed by atoms with van der Waals surface area (Å²) >= 11 is 4.35. The molecule has 0 saturated heterocycles. The largest absolute Gasteiger partial charge is 0.693 e. The van der Waals surface area contributed by atoms with Crippen molar-refractivity contribution in [3.05, 3.63) is 30.0 Å². The molecule has 4 N–H and O–H groups in total. The molecule has 0 aliphatic carbocycles. The van der Waals surface area contributed by atoms with Crippen molar-refractivity contribution in [3.63, 3.8) is 0 Å². The van der Waals surface area contributed by atoms with Crippen LogP contribution < -0.4 is 5.73 Å². The predicted octanol–water partition coefficient (Wildman–Crippen LogP) is 1.66. The zero-order chi connectivity index (χ0) is 7.44. The molecule has 10 heavy (non-hydrogen) atoms. The molecule has 0 spiro atoms. The Kier molecular flexibility index (Phi) is 6.89. The van der Waals surface area contributed by atoms with Crippen molar-refractivity contribution in [2.75, 3.05) is 0 Å². The molecule has 0 saturated carbocycles. The van der Waals surface area contributed by atoms with Crippen LogP contribution in [0.5, 0.6) is 0 Å². The molecule has 0 fully saturated rings. The van der Waals surface area contributed by atoms with Crippen molar-refractivity contribution in [1.82, 2.24) is 0 Å². The van der Waals surface area contributed by atoms with Crippen LogP contribution in [0.2, 0.25) is 0 Å². The van der Waals surface area contributed by atoms with Gasteiger partial charge in [0.05, 0.1) is 0 Å². The van der Waals surface area contributed by atoms with Gasteiger partial charge in [-0.15, -0.1) is 0 Å². The van der Waals surface area contributed by atoms with Crippen LogP contribution in [0.15, 0.2) is 17.2 Å². The van der Waals surface area contributed by atoms with Gasteiger partial charge in [0.25, 0.3) is 0 Å². The maximum absolute atomic E-state index is 5.42. The average molecular weight is 183 g/mol. The molecule has 0 aromatic carbocycles. The Morgan fingerprint density at radius 1 is 1.50 bits per heavy atom. The summed E-state index contributed by atoms with van der Waals surface area (Å²) in [5.41, 5.74) is 6.94. The summed E-state index contributed by atoms with van der Waals surface area (Å²) in [5, 5.41) is 0. The van der Waals surface area contributed by atoms with Crippen LogP contribution in [-0.4, -0.2) is 4.61 Å². The van der Waals surface area contributed by atoms with Gasteiger partial charge in [-0.25, -0.2) is 0 Å². The molecule has 0 aliphatic rings. The van der Waals surface area contributed by atoms with Crippen LogP contribution in [0.4, 0.5) is 0 Å². The first-order valence-corrected chi connectivity index (χ1v) is 3.06. The van der Waals surface area contributed by atoms with E-state index in [9.17, 15) is 0 Å². The summed E-state index contributed by atoms with van der Waals surface area (Å²) in [6.07, 6.45) is 1.69. The fraction of sp³-hybridized carbons (Fsp3) is 0.286. The van der Waals surface area contributed by atoms with E-state index in [1.54, 1.807) is 6.08 Å². The summed E-state index contributed by atoms with van der Waals surface area (Å²) in [4.78, 5) is 0. The van der Waals surface area contributed by atoms with E-state index in [4.69, 9.17) is 12.3 Å². The number of allylic oxidation sites excluding steroid dienone is 2. The van der Waals surface area contributed by atoms with Crippen LogP contribution in [-0.2, 0) is 15.0 Å². The molecular weight excluding hydrogens is 171 g/mol. The van der Waals surface area contributed by atoms with Gasteiger partial charge in [0.2, 0.25) is 0 Å². The number of rotatable bonds is 2. The number of hydrogen-bond acceptors (Lipinski definition) is 1. The smallest absolute Gasteiger partial charge is 0.693 e. The Morgan fingerprint density at radius 2 is 1.90 bits per heavy atom. The normalized spacial score (nSPS) is 10.3. The molecule has 0 atom stereocenters. The van der Waals surface area contributed by atoms with Crippen LogP contribution >= 0.6 is 0 Å². The molecular formula is C7H12N2Ni-2. The third-order valence-electron chi connectivity index (χ3n) is 0.967. The summed E-state index contributed by atoms with van der Waals surface area (Å²) in [6.45, 7) is 9.11. The molecule has 0 heterocycles. The second kappa shape index (κ2) is 5.54. The molecule has 0 aromatic heterocycles. The zero-order valence-corrected chi connectivity index (χ0v) is 7.11. The van der Waals surface area contributed by atoms with Gasteiger partial charge in [-0.05, 0) is 0 Å². The van der Waals surface area contributed by atoms with Gasteiger partial charge in [-0.3, -0.25) is 0 Å². The second-order valence-electron chi connectivity index (χ2n) is 1.86. The molecule has 2 nitrogen and oxygen atoms in total. The molecule has 62 valence electrons. The van der Waals surface area contributed by atoms with Crippen molar-refractivity contribution in [2.45, 2.75) is 13.8 Å². The topological polar surface area (TPSA) is 59.5 Å². The Labute approximate surface area is 69.7 Å². The molecule has 3 heteroatoms. The number of hydrogen-bond donors (Lipinski definition) is 1. The van der Waals surface area contributed by atoms with Crippen molar-refractivity contribution in [1.29, 1.82) is 0 Å².